The highest BCUT2D eigenvalue weighted by Gasteiger charge is 2.13. The van der Waals surface area contributed by atoms with Gasteiger partial charge in [-0.25, -0.2) is 4.39 Å². The Bertz CT molecular complexity index is 977. The van der Waals surface area contributed by atoms with E-state index in [0.29, 0.717) is 22.0 Å². The molecule has 2 amide bonds. The van der Waals surface area contributed by atoms with Gasteiger partial charge < -0.3 is 20.4 Å². The van der Waals surface area contributed by atoms with E-state index in [1.165, 1.54) is 24.5 Å². The third-order valence-corrected chi connectivity index (χ3v) is 4.05. The summed E-state index contributed by atoms with van der Waals surface area (Å²) in [6.45, 7) is 0.0864. The third-order valence-electron chi connectivity index (χ3n) is 3.82. The van der Waals surface area contributed by atoms with E-state index in [-0.39, 0.29) is 24.7 Å². The highest BCUT2D eigenvalue weighted by molar-refractivity contribution is 6.30. The maximum atomic E-state index is 13.7. The lowest BCUT2D eigenvalue weighted by molar-refractivity contribution is -0.114. The Labute approximate surface area is 165 Å². The summed E-state index contributed by atoms with van der Waals surface area (Å²) in [4.78, 5) is 24.5. The predicted octanol–water partition coefficient (Wildman–Crippen LogP) is 4.05. The number of hydrogen-bond donors (Lipinski definition) is 3. The smallest absolute Gasteiger partial charge is 0.253 e. The highest BCUT2D eigenvalue weighted by atomic mass is 35.5. The molecule has 0 aliphatic carbocycles. The molecular formula is C20H17ClFN3O3. The molecule has 0 fully saturated rings. The molecule has 3 aromatic rings. The van der Waals surface area contributed by atoms with Crippen molar-refractivity contribution in [2.45, 2.75) is 6.54 Å². The van der Waals surface area contributed by atoms with Gasteiger partial charge in [-0.2, -0.15) is 0 Å². The molecule has 0 bridgehead atoms. The quantitative estimate of drug-likeness (QED) is 0.557. The second-order valence-corrected chi connectivity index (χ2v) is 6.27. The topological polar surface area (TPSA) is 83.4 Å². The van der Waals surface area contributed by atoms with Gasteiger partial charge in [0.2, 0.25) is 5.91 Å². The van der Waals surface area contributed by atoms with Crippen molar-refractivity contribution < 1.29 is 18.4 Å². The molecule has 0 saturated carbocycles. The lowest BCUT2D eigenvalue weighted by Gasteiger charge is -2.12. The molecule has 28 heavy (non-hydrogen) atoms. The molecule has 0 atom stereocenters. The van der Waals surface area contributed by atoms with Gasteiger partial charge in [-0.1, -0.05) is 23.7 Å². The normalized spacial score (nSPS) is 10.4. The zero-order valence-electron chi connectivity index (χ0n) is 14.7. The van der Waals surface area contributed by atoms with Crippen LogP contribution >= 0.6 is 11.6 Å². The molecule has 2 aromatic carbocycles. The largest absolute Gasteiger partial charge is 0.467 e. The molecular weight excluding hydrogens is 385 g/mol. The Hall–Kier alpha value is -3.32. The molecule has 1 heterocycles. The van der Waals surface area contributed by atoms with Crippen LogP contribution in [0.2, 0.25) is 5.02 Å². The van der Waals surface area contributed by atoms with E-state index < -0.39 is 11.7 Å². The lowest BCUT2D eigenvalue weighted by Crippen LogP contribution is -2.26. The summed E-state index contributed by atoms with van der Waals surface area (Å²) >= 11 is 5.81. The molecule has 0 aliphatic rings. The van der Waals surface area contributed by atoms with Gasteiger partial charge in [0, 0.05) is 10.7 Å². The van der Waals surface area contributed by atoms with E-state index in [1.807, 2.05) is 0 Å². The van der Waals surface area contributed by atoms with Crippen molar-refractivity contribution in [1.29, 1.82) is 0 Å². The summed E-state index contributed by atoms with van der Waals surface area (Å²) in [5.41, 5.74) is 0.834. The molecule has 0 aliphatic heterocycles. The Balaban J connectivity index is 1.60. The van der Waals surface area contributed by atoms with Gasteiger partial charge in [-0.3, -0.25) is 9.59 Å². The van der Waals surface area contributed by atoms with Crippen molar-refractivity contribution in [1.82, 2.24) is 5.32 Å². The van der Waals surface area contributed by atoms with Crippen LogP contribution < -0.4 is 16.0 Å². The molecule has 8 heteroatoms. The summed E-state index contributed by atoms with van der Waals surface area (Å²) in [6.07, 6.45) is 1.53. The van der Waals surface area contributed by atoms with Crippen LogP contribution in [0.3, 0.4) is 0 Å². The van der Waals surface area contributed by atoms with E-state index in [1.54, 1.807) is 36.4 Å². The summed E-state index contributed by atoms with van der Waals surface area (Å²) in [6, 6.07) is 14.1. The molecule has 3 rings (SSSR count). The summed E-state index contributed by atoms with van der Waals surface area (Å²) in [7, 11) is 0. The Kier molecular flexibility index (Phi) is 6.29. The van der Waals surface area contributed by atoms with E-state index in [0.717, 1.165) is 0 Å². The van der Waals surface area contributed by atoms with Crippen LogP contribution in [0.5, 0.6) is 0 Å². The van der Waals surface area contributed by atoms with Gasteiger partial charge in [0.15, 0.2) is 0 Å². The third kappa shape index (κ3) is 5.11. The molecule has 6 nitrogen and oxygen atoms in total. The van der Waals surface area contributed by atoms with E-state index in [2.05, 4.69) is 16.0 Å². The first kappa shape index (κ1) is 19.4. The summed E-state index contributed by atoms with van der Waals surface area (Å²) in [5.74, 6) is -0.759. The molecule has 0 unspecified atom stereocenters. The molecule has 3 N–H and O–H groups in total. The minimum atomic E-state index is -0.588. The molecule has 0 saturated heterocycles. The minimum absolute atomic E-state index is 0.0104. The van der Waals surface area contributed by atoms with Crippen molar-refractivity contribution in [2.75, 3.05) is 17.2 Å². The first-order chi connectivity index (χ1) is 13.5. The first-order valence-electron chi connectivity index (χ1n) is 8.41. The Morgan fingerprint density at radius 1 is 1.04 bits per heavy atom. The molecule has 0 spiro atoms. The zero-order valence-corrected chi connectivity index (χ0v) is 15.4. The Morgan fingerprint density at radius 3 is 2.64 bits per heavy atom. The van der Waals surface area contributed by atoms with Gasteiger partial charge in [-0.05, 0) is 42.5 Å². The number of benzene rings is 2. The van der Waals surface area contributed by atoms with E-state index in [4.69, 9.17) is 16.0 Å². The zero-order chi connectivity index (χ0) is 19.9. The second kappa shape index (κ2) is 9.05. The van der Waals surface area contributed by atoms with Gasteiger partial charge in [0.05, 0.1) is 30.6 Å². The maximum Gasteiger partial charge on any atom is 0.253 e. The van der Waals surface area contributed by atoms with E-state index in [9.17, 15) is 14.0 Å². The fourth-order valence-electron chi connectivity index (χ4n) is 2.47. The number of carbonyl (C=O) groups excluding carboxylic acids is 2. The number of carbonyl (C=O) groups is 2. The molecule has 1 aromatic heterocycles. The number of halogens is 2. The van der Waals surface area contributed by atoms with Crippen LogP contribution in [0.25, 0.3) is 0 Å². The van der Waals surface area contributed by atoms with Gasteiger partial charge in [-0.15, -0.1) is 0 Å². The monoisotopic (exact) mass is 401 g/mol. The number of nitrogens with one attached hydrogen (secondary N) is 3. The van der Waals surface area contributed by atoms with Crippen LogP contribution in [-0.4, -0.2) is 18.4 Å². The first-order valence-corrected chi connectivity index (χ1v) is 8.79. The van der Waals surface area contributed by atoms with Crippen molar-refractivity contribution in [3.8, 4) is 0 Å². The lowest BCUT2D eigenvalue weighted by atomic mass is 10.1. The average molecular weight is 402 g/mol. The van der Waals surface area contributed by atoms with Crippen LogP contribution in [-0.2, 0) is 11.3 Å². The minimum Gasteiger partial charge on any atom is -0.467 e. The number of rotatable bonds is 7. The fourth-order valence-corrected chi connectivity index (χ4v) is 2.65. The number of amides is 2. The van der Waals surface area contributed by atoms with Crippen LogP contribution in [0, 0.1) is 5.82 Å². The van der Waals surface area contributed by atoms with Gasteiger partial charge in [0.1, 0.15) is 11.6 Å². The van der Waals surface area contributed by atoms with Crippen molar-refractivity contribution in [3.63, 3.8) is 0 Å². The average Bonchev–Trinajstić information content (AvgIpc) is 3.21. The predicted molar refractivity (Wildman–Crippen MR) is 105 cm³/mol. The van der Waals surface area contributed by atoms with Crippen molar-refractivity contribution in [2.24, 2.45) is 0 Å². The standard InChI is InChI=1S/C20H17ClFN3O3/c21-13-7-8-16(22)18(10-13)25-19(26)12-23-17-6-2-1-5-15(17)20(27)24-11-14-4-3-9-28-14/h1-10,23H,11-12H2,(H,24,27)(H,25,26). The van der Waals surface area contributed by atoms with Crippen LogP contribution in [0.1, 0.15) is 16.1 Å². The number of hydrogen-bond acceptors (Lipinski definition) is 4. The second-order valence-electron chi connectivity index (χ2n) is 5.83. The maximum absolute atomic E-state index is 13.7. The highest BCUT2D eigenvalue weighted by Crippen LogP contribution is 2.20. The summed E-state index contributed by atoms with van der Waals surface area (Å²) < 4.78 is 18.9. The van der Waals surface area contributed by atoms with Gasteiger partial charge in [0.25, 0.3) is 5.91 Å². The van der Waals surface area contributed by atoms with E-state index >= 15 is 0 Å². The van der Waals surface area contributed by atoms with Crippen LogP contribution in [0.4, 0.5) is 15.8 Å². The van der Waals surface area contributed by atoms with Crippen molar-refractivity contribution in [3.05, 3.63) is 83.0 Å². The molecule has 0 radical (unpaired) electrons. The number of furan rings is 1. The van der Waals surface area contributed by atoms with Crippen LogP contribution in [0.15, 0.2) is 65.3 Å². The fraction of sp³-hybridized carbons (Fsp3) is 0.100. The Morgan fingerprint density at radius 2 is 1.86 bits per heavy atom. The number of para-hydroxylation sites is 1. The van der Waals surface area contributed by atoms with Gasteiger partial charge >= 0.3 is 0 Å². The molecule has 144 valence electrons. The SMILES string of the molecule is O=C(CNc1ccccc1C(=O)NCc1ccco1)Nc1cc(Cl)ccc1F. The van der Waals surface area contributed by atoms with Crippen molar-refractivity contribution >= 4 is 34.8 Å². The summed E-state index contributed by atoms with van der Waals surface area (Å²) in [5, 5.41) is 8.38. The number of anilines is 2.